The number of carbonyl (C=O) groups excluding carboxylic acids is 2. The summed E-state index contributed by atoms with van der Waals surface area (Å²) in [5, 5.41) is 3.27. The van der Waals surface area contributed by atoms with Crippen LogP contribution >= 0.6 is 0 Å². The molecule has 1 aliphatic carbocycles. The summed E-state index contributed by atoms with van der Waals surface area (Å²) < 4.78 is 0. The lowest BCUT2D eigenvalue weighted by Crippen LogP contribution is -2.50. The molecular formula is C18H31N3O2. The zero-order chi connectivity index (χ0) is 16.2. The summed E-state index contributed by atoms with van der Waals surface area (Å²) in [6.07, 6.45) is 9.32. The summed E-state index contributed by atoms with van der Waals surface area (Å²) >= 11 is 0. The molecule has 3 fully saturated rings. The maximum absolute atomic E-state index is 12.5. The van der Waals surface area contributed by atoms with Gasteiger partial charge in [0.2, 0.25) is 11.8 Å². The van der Waals surface area contributed by atoms with Crippen LogP contribution in [0.5, 0.6) is 0 Å². The lowest BCUT2D eigenvalue weighted by atomic mass is 9.94. The van der Waals surface area contributed by atoms with E-state index >= 15 is 0 Å². The normalized spacial score (nSPS) is 25.7. The number of amides is 2. The van der Waals surface area contributed by atoms with Crippen LogP contribution in [0.4, 0.5) is 0 Å². The predicted molar refractivity (Wildman–Crippen MR) is 90.0 cm³/mol. The van der Waals surface area contributed by atoms with Gasteiger partial charge in [0.1, 0.15) is 0 Å². The minimum Gasteiger partial charge on any atom is -0.353 e. The summed E-state index contributed by atoms with van der Waals surface area (Å²) in [5.74, 6) is 0.439. The van der Waals surface area contributed by atoms with Crippen LogP contribution in [0.25, 0.3) is 0 Å². The van der Waals surface area contributed by atoms with E-state index in [2.05, 4.69) is 10.2 Å². The second-order valence-electron chi connectivity index (χ2n) is 7.54. The molecule has 2 saturated heterocycles. The van der Waals surface area contributed by atoms with Crippen molar-refractivity contribution in [3.05, 3.63) is 0 Å². The molecule has 23 heavy (non-hydrogen) atoms. The van der Waals surface area contributed by atoms with Gasteiger partial charge in [-0.15, -0.1) is 0 Å². The van der Waals surface area contributed by atoms with Crippen molar-refractivity contribution in [2.24, 2.45) is 5.92 Å². The Morgan fingerprint density at radius 2 is 1.48 bits per heavy atom. The van der Waals surface area contributed by atoms with Gasteiger partial charge in [-0.25, -0.2) is 0 Å². The van der Waals surface area contributed by atoms with E-state index in [1.807, 2.05) is 4.90 Å². The molecule has 2 amide bonds. The minimum absolute atomic E-state index is 0.0958. The molecule has 0 aromatic heterocycles. The first-order valence-electron chi connectivity index (χ1n) is 9.43. The smallest absolute Gasteiger partial charge is 0.223 e. The fraction of sp³-hybridized carbons (Fsp3) is 0.889. The fourth-order valence-corrected chi connectivity index (χ4v) is 4.45. The summed E-state index contributed by atoms with van der Waals surface area (Å²) in [5.41, 5.74) is 0. The van der Waals surface area contributed by atoms with Crippen LogP contribution in [0, 0.1) is 5.92 Å². The number of piperidine rings is 2. The third-order valence-electron chi connectivity index (χ3n) is 6.03. The minimum atomic E-state index is 0.0958. The molecule has 3 aliphatic rings. The van der Waals surface area contributed by atoms with Gasteiger partial charge in [0.05, 0.1) is 0 Å². The summed E-state index contributed by atoms with van der Waals surface area (Å²) in [7, 11) is 0. The third kappa shape index (κ3) is 4.25. The fourth-order valence-electron chi connectivity index (χ4n) is 4.45. The highest BCUT2D eigenvalue weighted by Crippen LogP contribution is 2.26. The van der Waals surface area contributed by atoms with Crippen LogP contribution in [0.1, 0.15) is 58.3 Å². The highest BCUT2D eigenvalue weighted by atomic mass is 16.2. The molecule has 0 atom stereocenters. The maximum atomic E-state index is 12.5. The van der Waals surface area contributed by atoms with Gasteiger partial charge in [0, 0.05) is 51.1 Å². The molecule has 5 heteroatoms. The molecule has 0 aromatic carbocycles. The SMILES string of the molecule is CC(=O)N1CCC(C(=O)NC2CCN(C3CCCC3)CC2)CC1. The highest BCUT2D eigenvalue weighted by molar-refractivity contribution is 5.79. The Hall–Kier alpha value is -1.10. The first-order chi connectivity index (χ1) is 11.1. The lowest BCUT2D eigenvalue weighted by Gasteiger charge is -2.37. The molecule has 2 heterocycles. The first-order valence-corrected chi connectivity index (χ1v) is 9.43. The van der Waals surface area contributed by atoms with E-state index in [1.165, 1.54) is 25.7 Å². The monoisotopic (exact) mass is 321 g/mol. The summed E-state index contributed by atoms with van der Waals surface area (Å²) in [6.45, 7) is 5.34. The van der Waals surface area contributed by atoms with E-state index in [0.717, 1.165) is 57.9 Å². The van der Waals surface area contributed by atoms with Crippen molar-refractivity contribution < 1.29 is 9.59 Å². The zero-order valence-corrected chi connectivity index (χ0v) is 14.4. The van der Waals surface area contributed by atoms with Gasteiger partial charge >= 0.3 is 0 Å². The highest BCUT2D eigenvalue weighted by Gasteiger charge is 2.30. The zero-order valence-electron chi connectivity index (χ0n) is 14.4. The van der Waals surface area contributed by atoms with Crippen LogP contribution < -0.4 is 5.32 Å². The van der Waals surface area contributed by atoms with Crippen LogP contribution in [-0.4, -0.2) is 59.9 Å². The Morgan fingerprint density at radius 3 is 2.04 bits per heavy atom. The van der Waals surface area contributed by atoms with E-state index in [0.29, 0.717) is 6.04 Å². The Bertz CT molecular complexity index is 418. The Morgan fingerprint density at radius 1 is 0.870 bits per heavy atom. The van der Waals surface area contributed by atoms with Crippen molar-refractivity contribution in [3.63, 3.8) is 0 Å². The average molecular weight is 321 g/mol. The second kappa shape index (κ2) is 7.65. The van der Waals surface area contributed by atoms with Gasteiger partial charge in [0.15, 0.2) is 0 Å². The van der Waals surface area contributed by atoms with Crippen molar-refractivity contribution in [3.8, 4) is 0 Å². The molecule has 5 nitrogen and oxygen atoms in total. The molecule has 0 aromatic rings. The third-order valence-corrected chi connectivity index (χ3v) is 6.03. The van der Waals surface area contributed by atoms with Crippen molar-refractivity contribution in [1.29, 1.82) is 0 Å². The Balaban J connectivity index is 1.38. The van der Waals surface area contributed by atoms with Gasteiger partial charge < -0.3 is 15.1 Å². The van der Waals surface area contributed by atoms with Gasteiger partial charge in [-0.05, 0) is 38.5 Å². The van der Waals surface area contributed by atoms with E-state index in [9.17, 15) is 9.59 Å². The van der Waals surface area contributed by atoms with Crippen LogP contribution in [0.3, 0.4) is 0 Å². The van der Waals surface area contributed by atoms with E-state index in [4.69, 9.17) is 0 Å². The van der Waals surface area contributed by atoms with Crippen molar-refractivity contribution in [1.82, 2.24) is 15.1 Å². The number of nitrogens with one attached hydrogen (secondary N) is 1. The lowest BCUT2D eigenvalue weighted by molar-refractivity contribution is -0.134. The molecule has 0 spiro atoms. The van der Waals surface area contributed by atoms with Gasteiger partial charge in [-0.2, -0.15) is 0 Å². The van der Waals surface area contributed by atoms with Crippen molar-refractivity contribution in [2.75, 3.05) is 26.2 Å². The molecule has 0 radical (unpaired) electrons. The molecule has 0 unspecified atom stereocenters. The summed E-state index contributed by atoms with van der Waals surface area (Å²) in [6, 6.07) is 1.16. The van der Waals surface area contributed by atoms with E-state index < -0.39 is 0 Å². The van der Waals surface area contributed by atoms with Crippen LogP contribution in [0.15, 0.2) is 0 Å². The molecular weight excluding hydrogens is 290 g/mol. The topological polar surface area (TPSA) is 52.7 Å². The number of rotatable bonds is 3. The molecule has 1 N–H and O–H groups in total. The van der Waals surface area contributed by atoms with Gasteiger partial charge in [-0.1, -0.05) is 12.8 Å². The molecule has 3 rings (SSSR count). The second-order valence-corrected chi connectivity index (χ2v) is 7.54. The number of nitrogens with zero attached hydrogens (tertiary/aromatic N) is 2. The largest absolute Gasteiger partial charge is 0.353 e. The average Bonchev–Trinajstić information content (AvgIpc) is 3.10. The number of likely N-dealkylation sites (tertiary alicyclic amines) is 2. The number of hydrogen-bond donors (Lipinski definition) is 1. The molecule has 2 aliphatic heterocycles. The predicted octanol–water partition coefficient (Wildman–Crippen LogP) is 1.77. The van der Waals surface area contributed by atoms with Gasteiger partial charge in [-0.3, -0.25) is 9.59 Å². The first kappa shape index (κ1) is 16.7. The Labute approximate surface area is 139 Å². The summed E-state index contributed by atoms with van der Waals surface area (Å²) in [4.78, 5) is 28.3. The quantitative estimate of drug-likeness (QED) is 0.862. The van der Waals surface area contributed by atoms with Crippen molar-refractivity contribution >= 4 is 11.8 Å². The standard InChI is InChI=1S/C18H31N3O2/c1-14(22)20-10-6-15(7-11-20)18(23)19-16-8-12-21(13-9-16)17-4-2-3-5-17/h15-17H,2-13H2,1H3,(H,19,23). The van der Waals surface area contributed by atoms with Crippen LogP contribution in [0.2, 0.25) is 0 Å². The van der Waals surface area contributed by atoms with E-state index in [-0.39, 0.29) is 17.7 Å². The van der Waals surface area contributed by atoms with Crippen molar-refractivity contribution in [2.45, 2.75) is 70.4 Å². The maximum Gasteiger partial charge on any atom is 0.223 e. The van der Waals surface area contributed by atoms with Crippen LogP contribution in [-0.2, 0) is 9.59 Å². The molecule has 0 bridgehead atoms. The molecule has 1 saturated carbocycles. The van der Waals surface area contributed by atoms with E-state index in [1.54, 1.807) is 6.92 Å². The number of carbonyl (C=O) groups is 2. The molecule has 130 valence electrons. The Kier molecular flexibility index (Phi) is 5.57. The number of hydrogen-bond acceptors (Lipinski definition) is 3. The van der Waals surface area contributed by atoms with Gasteiger partial charge in [0.25, 0.3) is 0 Å².